The van der Waals surface area contributed by atoms with E-state index >= 15 is 0 Å². The second-order valence-corrected chi connectivity index (χ2v) is 9.12. The summed E-state index contributed by atoms with van der Waals surface area (Å²) in [6.45, 7) is 0.476. The van der Waals surface area contributed by atoms with Gasteiger partial charge in [0, 0.05) is 38.5 Å². The number of aliphatic hydroxyl groups is 1. The maximum atomic E-state index is 13.4. The van der Waals surface area contributed by atoms with E-state index in [2.05, 4.69) is 10.1 Å². The molecule has 1 aliphatic heterocycles. The van der Waals surface area contributed by atoms with Gasteiger partial charge in [0.1, 0.15) is 29.2 Å². The standard InChI is InChI=1S/C26H30F3N5O5/c1-32-23-22(24(36)33(25(32)37)12-4-13-35)34(16-17-8-10-18(30)11-9-17)21(31-23)7-3-14-38-19-5-2-6-20(15-19)39-26(27,28)29/h2,5-6,8-11,15,21,31,35H,3-4,7,12-14,16,30H2,1H3. The third kappa shape index (κ3) is 6.66. The average molecular weight is 550 g/mol. The van der Waals surface area contributed by atoms with Gasteiger partial charge in [0.05, 0.1) is 6.61 Å². The molecule has 210 valence electrons. The van der Waals surface area contributed by atoms with E-state index in [0.717, 1.165) is 16.2 Å². The Morgan fingerprint density at radius 2 is 1.79 bits per heavy atom. The summed E-state index contributed by atoms with van der Waals surface area (Å²) in [6, 6.07) is 12.5. The topological polar surface area (TPSA) is 124 Å². The van der Waals surface area contributed by atoms with Crippen molar-refractivity contribution in [2.24, 2.45) is 7.05 Å². The number of benzene rings is 2. The molecule has 1 unspecified atom stereocenters. The van der Waals surface area contributed by atoms with Crippen molar-refractivity contribution in [2.45, 2.75) is 44.9 Å². The van der Waals surface area contributed by atoms with Crippen molar-refractivity contribution in [3.05, 3.63) is 74.9 Å². The molecule has 0 saturated heterocycles. The minimum atomic E-state index is -4.80. The third-order valence-electron chi connectivity index (χ3n) is 6.29. The van der Waals surface area contributed by atoms with Crippen molar-refractivity contribution in [1.82, 2.24) is 9.13 Å². The first-order chi connectivity index (χ1) is 18.6. The lowest BCUT2D eigenvalue weighted by Crippen LogP contribution is -2.42. The molecule has 0 saturated carbocycles. The average Bonchev–Trinajstić information content (AvgIpc) is 3.24. The highest BCUT2D eigenvalue weighted by molar-refractivity contribution is 5.72. The summed E-state index contributed by atoms with van der Waals surface area (Å²) >= 11 is 0. The zero-order valence-electron chi connectivity index (χ0n) is 21.3. The van der Waals surface area contributed by atoms with Crippen molar-refractivity contribution in [3.8, 4) is 11.5 Å². The number of nitrogens with one attached hydrogen (secondary N) is 1. The Bertz CT molecular complexity index is 1410. The van der Waals surface area contributed by atoms with Crippen molar-refractivity contribution < 1.29 is 27.8 Å². The monoisotopic (exact) mass is 549 g/mol. The van der Waals surface area contributed by atoms with Crippen LogP contribution in [0.5, 0.6) is 11.5 Å². The number of nitrogen functional groups attached to an aromatic ring is 1. The summed E-state index contributed by atoms with van der Waals surface area (Å²) in [5.74, 6) is 0.247. The van der Waals surface area contributed by atoms with Crippen molar-refractivity contribution in [1.29, 1.82) is 0 Å². The number of alkyl halides is 3. The number of aromatic nitrogens is 2. The molecule has 10 nitrogen and oxygen atoms in total. The van der Waals surface area contributed by atoms with Crippen LogP contribution in [0.15, 0.2) is 58.1 Å². The Balaban J connectivity index is 1.52. The number of hydrogen-bond donors (Lipinski definition) is 3. The Morgan fingerprint density at radius 3 is 2.49 bits per heavy atom. The van der Waals surface area contributed by atoms with Gasteiger partial charge in [0.15, 0.2) is 0 Å². The highest BCUT2D eigenvalue weighted by atomic mass is 19.4. The number of nitrogens with zero attached hydrogens (tertiary/aromatic N) is 3. The number of ether oxygens (including phenoxy) is 2. The zero-order chi connectivity index (χ0) is 28.2. The van der Waals surface area contributed by atoms with E-state index in [-0.39, 0.29) is 43.8 Å². The Labute approximate surface area is 222 Å². The molecule has 0 spiro atoms. The lowest BCUT2D eigenvalue weighted by atomic mass is 10.1. The molecule has 0 amide bonds. The van der Waals surface area contributed by atoms with E-state index in [4.69, 9.17) is 10.5 Å². The summed E-state index contributed by atoms with van der Waals surface area (Å²) < 4.78 is 49.6. The normalized spacial score (nSPS) is 14.7. The predicted octanol–water partition coefficient (Wildman–Crippen LogP) is 3.03. The van der Waals surface area contributed by atoms with Crippen LogP contribution in [0.25, 0.3) is 0 Å². The molecule has 2 aromatic carbocycles. The number of halogens is 3. The van der Waals surface area contributed by atoms with E-state index in [1.807, 2.05) is 17.0 Å². The van der Waals surface area contributed by atoms with Gasteiger partial charge in [0.25, 0.3) is 5.56 Å². The molecule has 1 atom stereocenters. The molecule has 4 N–H and O–H groups in total. The molecule has 4 rings (SSSR count). The fourth-order valence-corrected chi connectivity index (χ4v) is 4.46. The van der Waals surface area contributed by atoms with Gasteiger partial charge in [-0.15, -0.1) is 13.2 Å². The number of aliphatic hydroxyl groups excluding tert-OH is 1. The van der Waals surface area contributed by atoms with Gasteiger partial charge in [-0.25, -0.2) is 4.79 Å². The zero-order valence-corrected chi connectivity index (χ0v) is 21.3. The molecule has 0 bridgehead atoms. The SMILES string of the molecule is Cn1c2c(c(=O)n(CCCO)c1=O)N(Cc1ccc(N)cc1)C(CCCOc1cccc(OC(F)(F)F)c1)N2. The molecule has 39 heavy (non-hydrogen) atoms. The molecule has 2 heterocycles. The van der Waals surface area contributed by atoms with Crippen molar-refractivity contribution in [2.75, 3.05) is 29.2 Å². The minimum absolute atomic E-state index is 0.0839. The molecule has 1 aliphatic rings. The molecule has 0 aliphatic carbocycles. The predicted molar refractivity (Wildman–Crippen MR) is 140 cm³/mol. The van der Waals surface area contributed by atoms with Crippen LogP contribution in [-0.4, -0.2) is 40.0 Å². The minimum Gasteiger partial charge on any atom is -0.493 e. The first-order valence-corrected chi connectivity index (χ1v) is 12.4. The van der Waals surface area contributed by atoms with Crippen LogP contribution < -0.4 is 36.7 Å². The molecular weight excluding hydrogens is 519 g/mol. The quantitative estimate of drug-likeness (QED) is 0.246. The smallest absolute Gasteiger partial charge is 0.493 e. The first-order valence-electron chi connectivity index (χ1n) is 12.4. The fraction of sp³-hybridized carbons (Fsp3) is 0.385. The molecule has 0 radical (unpaired) electrons. The van der Waals surface area contributed by atoms with Gasteiger partial charge in [-0.2, -0.15) is 0 Å². The summed E-state index contributed by atoms with van der Waals surface area (Å²) in [5, 5.41) is 12.5. The first kappa shape index (κ1) is 27.9. The summed E-state index contributed by atoms with van der Waals surface area (Å²) in [4.78, 5) is 28.2. The highest BCUT2D eigenvalue weighted by Crippen LogP contribution is 2.33. The van der Waals surface area contributed by atoms with Crippen LogP contribution in [0, 0.1) is 0 Å². The van der Waals surface area contributed by atoms with E-state index in [1.54, 1.807) is 19.2 Å². The number of anilines is 3. The molecule has 1 aromatic heterocycles. The van der Waals surface area contributed by atoms with Gasteiger partial charge in [-0.05, 0) is 49.1 Å². The Morgan fingerprint density at radius 1 is 1.08 bits per heavy atom. The van der Waals surface area contributed by atoms with Gasteiger partial charge in [-0.1, -0.05) is 18.2 Å². The lowest BCUT2D eigenvalue weighted by molar-refractivity contribution is -0.274. The number of hydrogen-bond acceptors (Lipinski definition) is 8. The van der Waals surface area contributed by atoms with Crippen LogP contribution in [0.4, 0.5) is 30.4 Å². The second kappa shape index (κ2) is 11.7. The van der Waals surface area contributed by atoms with E-state index in [9.17, 15) is 27.9 Å². The summed E-state index contributed by atoms with van der Waals surface area (Å²) in [6.07, 6.45) is -3.93. The Hall–Kier alpha value is -4.13. The summed E-state index contributed by atoms with van der Waals surface area (Å²) in [7, 11) is 1.58. The van der Waals surface area contributed by atoms with Crippen LogP contribution in [-0.2, 0) is 20.1 Å². The van der Waals surface area contributed by atoms with Gasteiger partial charge in [-0.3, -0.25) is 13.9 Å². The largest absolute Gasteiger partial charge is 0.573 e. The van der Waals surface area contributed by atoms with Crippen molar-refractivity contribution in [3.63, 3.8) is 0 Å². The van der Waals surface area contributed by atoms with E-state index in [1.165, 1.54) is 22.8 Å². The van der Waals surface area contributed by atoms with Crippen LogP contribution in [0.1, 0.15) is 24.8 Å². The lowest BCUT2D eigenvalue weighted by Gasteiger charge is -2.26. The van der Waals surface area contributed by atoms with Crippen LogP contribution in [0.2, 0.25) is 0 Å². The summed E-state index contributed by atoms with van der Waals surface area (Å²) in [5.41, 5.74) is 6.72. The third-order valence-corrected chi connectivity index (χ3v) is 6.29. The Kier molecular flexibility index (Phi) is 8.38. The number of rotatable bonds is 11. The maximum Gasteiger partial charge on any atom is 0.573 e. The fourth-order valence-electron chi connectivity index (χ4n) is 4.46. The number of nitrogens with two attached hydrogens (primary N) is 1. The van der Waals surface area contributed by atoms with Gasteiger partial charge < -0.3 is 30.5 Å². The van der Waals surface area contributed by atoms with E-state index < -0.39 is 17.6 Å². The maximum absolute atomic E-state index is 13.4. The number of fused-ring (bicyclic) bond motifs is 1. The van der Waals surface area contributed by atoms with Gasteiger partial charge in [0.2, 0.25) is 0 Å². The molecular formula is C26H30F3N5O5. The second-order valence-electron chi connectivity index (χ2n) is 9.12. The van der Waals surface area contributed by atoms with Crippen molar-refractivity contribution >= 4 is 17.2 Å². The molecule has 13 heteroatoms. The van der Waals surface area contributed by atoms with Gasteiger partial charge >= 0.3 is 12.1 Å². The molecule has 0 fully saturated rings. The van der Waals surface area contributed by atoms with Crippen LogP contribution in [0.3, 0.4) is 0 Å². The van der Waals surface area contributed by atoms with E-state index in [0.29, 0.717) is 36.6 Å². The highest BCUT2D eigenvalue weighted by Gasteiger charge is 2.35. The molecule has 3 aromatic rings. The van der Waals surface area contributed by atoms with Crippen LogP contribution >= 0.6 is 0 Å².